The molecule has 7 heterocycles. The fourth-order valence-electron chi connectivity index (χ4n) is 6.19. The van der Waals surface area contributed by atoms with Crippen LogP contribution in [0.15, 0.2) is 54.0 Å². The molecule has 0 radical (unpaired) electrons. The van der Waals surface area contributed by atoms with Crippen LogP contribution in [0.2, 0.25) is 0 Å². The second-order valence-corrected chi connectivity index (χ2v) is 14.2. The molecule has 0 saturated heterocycles. The van der Waals surface area contributed by atoms with Crippen molar-refractivity contribution in [2.45, 2.75) is 67.2 Å². The number of carboxylic acid groups (broad SMARTS) is 1. The number of nitrogens with zero attached hydrogens (tertiary/aromatic N) is 6. The van der Waals surface area contributed by atoms with E-state index in [0.717, 1.165) is 45.0 Å². The minimum atomic E-state index is -0.999. The molecule has 0 saturated carbocycles. The van der Waals surface area contributed by atoms with Gasteiger partial charge in [-0.25, -0.2) is 19.9 Å². The maximum Gasteiger partial charge on any atom is 0.310 e. The van der Waals surface area contributed by atoms with Crippen molar-refractivity contribution >= 4 is 28.3 Å². The van der Waals surface area contributed by atoms with E-state index in [4.69, 9.17) is 9.47 Å². The zero-order valence-electron chi connectivity index (χ0n) is 28.5. The molecule has 7 rings (SSSR count). The molecule has 2 aliphatic heterocycles. The van der Waals surface area contributed by atoms with Crippen molar-refractivity contribution in [1.82, 2.24) is 30.1 Å². The predicted octanol–water partition coefficient (Wildman–Crippen LogP) is 7.29. The van der Waals surface area contributed by atoms with Crippen LogP contribution in [0.25, 0.3) is 0 Å². The lowest BCUT2D eigenvalue weighted by Gasteiger charge is -2.37. The number of rotatable bonds is 5. The summed E-state index contributed by atoms with van der Waals surface area (Å²) in [6.45, 7) is 14.8. The van der Waals surface area contributed by atoms with Crippen LogP contribution in [0.3, 0.4) is 0 Å². The summed E-state index contributed by atoms with van der Waals surface area (Å²) in [7, 11) is 0. The maximum atomic E-state index is 13.1. The highest BCUT2D eigenvalue weighted by Gasteiger charge is 2.46. The Morgan fingerprint density at radius 3 is 1.35 bits per heavy atom. The van der Waals surface area contributed by atoms with Gasteiger partial charge in [0.05, 0.1) is 10.8 Å². The number of carbonyl (C=O) groups excluding carboxylic acids is 1. The quantitative estimate of drug-likeness (QED) is 0.192. The van der Waals surface area contributed by atoms with E-state index >= 15 is 0 Å². The Morgan fingerprint density at radius 1 is 0.653 bits per heavy atom. The van der Waals surface area contributed by atoms with Crippen molar-refractivity contribution in [2.75, 3.05) is 5.32 Å². The molecule has 1 amide bonds. The van der Waals surface area contributed by atoms with Gasteiger partial charge in [-0.05, 0) is 65.8 Å². The van der Waals surface area contributed by atoms with Crippen LogP contribution in [-0.4, -0.2) is 47.1 Å². The number of hydrogen-bond donors (Lipinski definition) is 2. The van der Waals surface area contributed by atoms with Gasteiger partial charge in [0.2, 0.25) is 34.6 Å². The van der Waals surface area contributed by atoms with Gasteiger partial charge in [0.1, 0.15) is 5.51 Å². The Kier molecular flexibility index (Phi) is 8.65. The Balaban J connectivity index is 0.000000174. The zero-order chi connectivity index (χ0) is 35.2. The summed E-state index contributed by atoms with van der Waals surface area (Å²) in [6, 6.07) is 15.4. The van der Waals surface area contributed by atoms with Gasteiger partial charge in [-0.3, -0.25) is 9.59 Å². The number of carbonyl (C=O) groups is 2. The topological polar surface area (TPSA) is 162 Å². The Hall–Kier alpha value is -5.30. The number of fused-ring (bicyclic) bond motifs is 4. The number of ether oxygens (including phenoxy) is 2. The van der Waals surface area contributed by atoms with Crippen molar-refractivity contribution in [3.63, 3.8) is 0 Å². The molecule has 0 atom stereocenters. The first kappa shape index (κ1) is 33.6. The Labute approximate surface area is 288 Å². The van der Waals surface area contributed by atoms with Gasteiger partial charge in [0, 0.05) is 56.9 Å². The molecule has 0 unspecified atom stereocenters. The Morgan fingerprint density at radius 2 is 1.02 bits per heavy atom. The fourth-order valence-corrected chi connectivity index (χ4v) is 6.63. The van der Waals surface area contributed by atoms with Crippen LogP contribution in [0.1, 0.15) is 84.6 Å². The van der Waals surface area contributed by atoms with Crippen molar-refractivity contribution in [1.29, 1.82) is 0 Å². The van der Waals surface area contributed by atoms with Gasteiger partial charge in [-0.1, -0.05) is 49.4 Å². The molecule has 13 heteroatoms. The van der Waals surface area contributed by atoms with E-state index in [9.17, 15) is 14.7 Å². The first-order valence-corrected chi connectivity index (χ1v) is 16.6. The fraction of sp³-hybridized carbons (Fsp3) is 0.333. The van der Waals surface area contributed by atoms with E-state index in [-0.39, 0.29) is 17.7 Å². The SMILES string of the molecule is Cc1ccc2c(n1)Oc1nc(C)ccc1C2C(C)(C)C(=O)Nc1nncs1.Cc1ccc2c(n1)Oc1nc(C)ccc1C2C(C)(C)C(=O)O. The molecule has 5 aromatic rings. The van der Waals surface area contributed by atoms with Crippen molar-refractivity contribution in [3.05, 3.63) is 99.1 Å². The molecule has 0 aliphatic carbocycles. The number of hydrogen-bond acceptors (Lipinski definition) is 11. The van der Waals surface area contributed by atoms with E-state index in [1.165, 1.54) is 11.3 Å². The first-order valence-electron chi connectivity index (χ1n) is 15.7. The number of pyridine rings is 4. The summed E-state index contributed by atoms with van der Waals surface area (Å²) >= 11 is 1.29. The number of nitrogens with one attached hydrogen (secondary N) is 1. The summed E-state index contributed by atoms with van der Waals surface area (Å²) < 4.78 is 11.8. The number of anilines is 1. The average molecular weight is 680 g/mol. The van der Waals surface area contributed by atoms with Crippen LogP contribution in [0, 0.1) is 38.5 Å². The lowest BCUT2D eigenvalue weighted by molar-refractivity contribution is -0.147. The average Bonchev–Trinajstić information content (AvgIpc) is 3.55. The molecule has 0 fully saturated rings. The molecule has 0 aromatic carbocycles. The van der Waals surface area contributed by atoms with E-state index in [1.807, 2.05) is 90.1 Å². The number of carboxylic acids is 1. The van der Waals surface area contributed by atoms with Gasteiger partial charge < -0.3 is 19.9 Å². The van der Waals surface area contributed by atoms with Gasteiger partial charge in [-0.2, -0.15) is 0 Å². The van der Waals surface area contributed by atoms with Crippen molar-refractivity contribution < 1.29 is 24.2 Å². The number of aryl methyl sites for hydroxylation is 4. The summed E-state index contributed by atoms with van der Waals surface area (Å²) in [4.78, 5) is 42.8. The molecule has 0 spiro atoms. The van der Waals surface area contributed by atoms with Gasteiger partial charge in [0.25, 0.3) is 0 Å². The van der Waals surface area contributed by atoms with E-state index in [0.29, 0.717) is 28.7 Å². The molecule has 49 heavy (non-hydrogen) atoms. The molecule has 252 valence electrons. The summed E-state index contributed by atoms with van der Waals surface area (Å²) in [5.74, 6) is 0.275. The summed E-state index contributed by atoms with van der Waals surface area (Å²) in [5, 5.41) is 20.7. The van der Waals surface area contributed by atoms with Crippen molar-refractivity contribution in [3.8, 4) is 23.5 Å². The molecular formula is C36H37N7O5S. The van der Waals surface area contributed by atoms with Crippen LogP contribution in [-0.2, 0) is 9.59 Å². The third-order valence-corrected chi connectivity index (χ3v) is 9.51. The second-order valence-electron chi connectivity index (χ2n) is 13.4. The van der Waals surface area contributed by atoms with Crippen LogP contribution in [0.5, 0.6) is 23.5 Å². The molecule has 5 aromatic heterocycles. The van der Waals surface area contributed by atoms with Crippen LogP contribution in [0.4, 0.5) is 5.13 Å². The maximum absolute atomic E-state index is 13.1. The number of aliphatic carboxylic acids is 1. The van der Waals surface area contributed by atoms with Crippen molar-refractivity contribution in [2.24, 2.45) is 10.8 Å². The lowest BCUT2D eigenvalue weighted by Crippen LogP contribution is -2.38. The predicted molar refractivity (Wildman–Crippen MR) is 183 cm³/mol. The molecular weight excluding hydrogens is 643 g/mol. The third-order valence-electron chi connectivity index (χ3n) is 8.91. The monoisotopic (exact) mass is 679 g/mol. The van der Waals surface area contributed by atoms with E-state index < -0.39 is 16.8 Å². The molecule has 2 aliphatic rings. The highest BCUT2D eigenvalue weighted by molar-refractivity contribution is 7.13. The number of aromatic nitrogens is 6. The van der Waals surface area contributed by atoms with Gasteiger partial charge in [-0.15, -0.1) is 10.2 Å². The van der Waals surface area contributed by atoms with Gasteiger partial charge in [0.15, 0.2) is 0 Å². The molecule has 12 nitrogen and oxygen atoms in total. The molecule has 2 N–H and O–H groups in total. The van der Waals surface area contributed by atoms with E-state index in [1.54, 1.807) is 19.4 Å². The summed E-state index contributed by atoms with van der Waals surface area (Å²) in [6.07, 6.45) is 0. The highest BCUT2D eigenvalue weighted by atomic mass is 32.1. The standard InChI is InChI=1S/C19H19N5O2S.C17H18N2O3/c1-10-5-7-12-14(19(3,4)17(25)23-18-24-20-9-27-18)13-8-6-11(2)22-16(13)26-15(12)21-10;1-9-5-7-11-13(17(3,4)16(20)21)12-8-6-10(2)19-15(12)22-14(11)18-9/h5-9,14H,1-4H3,(H,23,24,25);5-8,13H,1-4H3,(H,20,21). The first-order chi connectivity index (χ1) is 23.2. The summed E-state index contributed by atoms with van der Waals surface area (Å²) in [5.41, 5.74) is 6.44. The number of amides is 1. The minimum Gasteiger partial charge on any atom is -0.481 e. The highest BCUT2D eigenvalue weighted by Crippen LogP contribution is 2.52. The normalized spacial score (nSPS) is 13.7. The smallest absolute Gasteiger partial charge is 0.310 e. The van der Waals surface area contributed by atoms with E-state index in [2.05, 4.69) is 35.5 Å². The zero-order valence-corrected chi connectivity index (χ0v) is 29.3. The minimum absolute atomic E-state index is 0.149. The Bertz CT molecular complexity index is 1980. The van der Waals surface area contributed by atoms with Crippen LogP contribution < -0.4 is 14.8 Å². The van der Waals surface area contributed by atoms with Gasteiger partial charge >= 0.3 is 5.97 Å². The van der Waals surface area contributed by atoms with Crippen LogP contribution >= 0.6 is 11.3 Å². The lowest BCUT2D eigenvalue weighted by atomic mass is 9.70. The molecule has 0 bridgehead atoms. The third kappa shape index (κ3) is 6.33. The second kappa shape index (κ2) is 12.6. The largest absolute Gasteiger partial charge is 0.481 e.